The number of aliphatic carboxylic acids is 1. The first-order valence-corrected chi connectivity index (χ1v) is 11.6. The second-order valence-corrected chi connectivity index (χ2v) is 9.82. The van der Waals surface area contributed by atoms with Crippen LogP contribution in [0, 0.1) is 5.41 Å². The molecule has 186 valence electrons. The number of aldehydes is 1. The average Bonchev–Trinajstić information content (AvgIpc) is 3.25. The van der Waals surface area contributed by atoms with E-state index in [9.17, 15) is 24.0 Å². The lowest BCUT2D eigenvalue weighted by atomic mass is 9.85. The van der Waals surface area contributed by atoms with Crippen LogP contribution < -0.4 is 10.6 Å². The number of likely N-dealkylation sites (tertiary alicyclic amines) is 1. The van der Waals surface area contributed by atoms with Crippen molar-refractivity contribution < 1.29 is 29.1 Å². The maximum Gasteiger partial charge on any atom is 0.305 e. The van der Waals surface area contributed by atoms with Crippen LogP contribution in [0.2, 0.25) is 5.02 Å². The van der Waals surface area contributed by atoms with Gasteiger partial charge in [0.25, 0.3) is 5.91 Å². The van der Waals surface area contributed by atoms with Gasteiger partial charge in [0.05, 0.1) is 23.0 Å². The smallest absolute Gasteiger partial charge is 0.305 e. The predicted octanol–water partition coefficient (Wildman–Crippen LogP) is 2.20. The molecule has 0 unspecified atom stereocenters. The topological polar surface area (TPSA) is 133 Å². The molecule has 0 saturated carbocycles. The van der Waals surface area contributed by atoms with Gasteiger partial charge in [0.15, 0.2) is 0 Å². The van der Waals surface area contributed by atoms with Gasteiger partial charge in [-0.05, 0) is 36.3 Å². The maximum absolute atomic E-state index is 13.5. The van der Waals surface area contributed by atoms with Crippen molar-refractivity contribution in [1.82, 2.24) is 15.5 Å². The summed E-state index contributed by atoms with van der Waals surface area (Å²) in [6.45, 7) is 7.64. The summed E-state index contributed by atoms with van der Waals surface area (Å²) in [5.74, 6) is -2.74. The molecule has 9 nitrogen and oxygen atoms in total. The van der Waals surface area contributed by atoms with Gasteiger partial charge in [0.2, 0.25) is 11.8 Å². The number of rotatable bonds is 9. The molecule has 0 radical (unpaired) electrons. The number of carboxylic acids is 1. The van der Waals surface area contributed by atoms with E-state index in [1.54, 1.807) is 32.9 Å². The molecule has 3 atom stereocenters. The van der Waals surface area contributed by atoms with Gasteiger partial charge in [0, 0.05) is 6.54 Å². The van der Waals surface area contributed by atoms with E-state index in [1.807, 2.05) is 13.0 Å². The SMILES string of the molecule is CCc1cccc(C(=O)N[C@H](C(=O)N2CCC[C@H]2C(=O)N[C@H](C=O)CC(=O)O)C(C)(C)C)c1Cl. The van der Waals surface area contributed by atoms with Gasteiger partial charge >= 0.3 is 5.97 Å². The van der Waals surface area contributed by atoms with E-state index in [-0.39, 0.29) is 5.56 Å². The Bertz CT molecular complexity index is 959. The molecule has 3 N–H and O–H groups in total. The zero-order chi connectivity index (χ0) is 25.6. The lowest BCUT2D eigenvalue weighted by Crippen LogP contribution is -2.58. The third kappa shape index (κ3) is 6.56. The molecule has 34 heavy (non-hydrogen) atoms. The van der Waals surface area contributed by atoms with Crippen LogP contribution in [0.3, 0.4) is 0 Å². The van der Waals surface area contributed by atoms with Crippen molar-refractivity contribution in [2.24, 2.45) is 5.41 Å². The van der Waals surface area contributed by atoms with Crippen LogP contribution >= 0.6 is 11.6 Å². The highest BCUT2D eigenvalue weighted by molar-refractivity contribution is 6.34. The molecule has 1 saturated heterocycles. The molecule has 10 heteroatoms. The van der Waals surface area contributed by atoms with Gasteiger partial charge in [-0.3, -0.25) is 19.2 Å². The Kier molecular flexibility index (Phi) is 9.21. The van der Waals surface area contributed by atoms with Gasteiger partial charge in [0.1, 0.15) is 18.4 Å². The second kappa shape index (κ2) is 11.5. The number of hydrogen-bond acceptors (Lipinski definition) is 5. The fourth-order valence-corrected chi connectivity index (χ4v) is 4.30. The van der Waals surface area contributed by atoms with E-state index in [1.165, 1.54) is 4.90 Å². The number of carboxylic acid groups (broad SMARTS) is 1. The zero-order valence-electron chi connectivity index (χ0n) is 19.9. The summed E-state index contributed by atoms with van der Waals surface area (Å²) in [4.78, 5) is 62.9. The molecule has 0 aliphatic carbocycles. The number of nitrogens with zero attached hydrogens (tertiary/aromatic N) is 1. The minimum atomic E-state index is -1.22. The van der Waals surface area contributed by atoms with Crippen molar-refractivity contribution in [3.8, 4) is 0 Å². The molecule has 3 amide bonds. The van der Waals surface area contributed by atoms with E-state index >= 15 is 0 Å². The highest BCUT2D eigenvalue weighted by Crippen LogP contribution is 2.27. The molecular weight excluding hydrogens is 462 g/mol. The third-order valence-corrected chi connectivity index (χ3v) is 6.26. The van der Waals surface area contributed by atoms with Crippen LogP contribution in [-0.2, 0) is 25.6 Å². The Morgan fingerprint density at radius 1 is 1.24 bits per heavy atom. The molecule has 1 aliphatic heterocycles. The lowest BCUT2D eigenvalue weighted by molar-refractivity contribution is -0.143. The van der Waals surface area contributed by atoms with Crippen LogP contribution in [0.1, 0.15) is 62.9 Å². The first-order valence-electron chi connectivity index (χ1n) is 11.3. The summed E-state index contributed by atoms with van der Waals surface area (Å²) in [5, 5.41) is 14.4. The fraction of sp³-hybridized carbons (Fsp3) is 0.542. The normalized spacial score (nSPS) is 17.6. The first kappa shape index (κ1) is 27.3. The Labute approximate surface area is 204 Å². The van der Waals surface area contributed by atoms with E-state index < -0.39 is 53.7 Å². The number of hydrogen-bond donors (Lipinski definition) is 3. The highest BCUT2D eigenvalue weighted by Gasteiger charge is 2.42. The van der Waals surface area contributed by atoms with Crippen molar-refractivity contribution in [1.29, 1.82) is 0 Å². The van der Waals surface area contributed by atoms with Crippen molar-refractivity contribution in [3.05, 3.63) is 34.3 Å². The minimum Gasteiger partial charge on any atom is -0.481 e. The highest BCUT2D eigenvalue weighted by atomic mass is 35.5. The van der Waals surface area contributed by atoms with Crippen LogP contribution in [0.25, 0.3) is 0 Å². The summed E-state index contributed by atoms with van der Waals surface area (Å²) in [6, 6.07) is 2.15. The summed E-state index contributed by atoms with van der Waals surface area (Å²) in [7, 11) is 0. The Morgan fingerprint density at radius 2 is 1.91 bits per heavy atom. The molecule has 0 aromatic heterocycles. The van der Waals surface area contributed by atoms with Crippen molar-refractivity contribution in [3.63, 3.8) is 0 Å². The number of carbonyl (C=O) groups excluding carboxylic acids is 4. The quantitative estimate of drug-likeness (QED) is 0.452. The van der Waals surface area contributed by atoms with E-state index in [4.69, 9.17) is 16.7 Å². The predicted molar refractivity (Wildman–Crippen MR) is 127 cm³/mol. The van der Waals surface area contributed by atoms with Gasteiger partial charge < -0.3 is 25.4 Å². The van der Waals surface area contributed by atoms with Gasteiger partial charge in [-0.2, -0.15) is 0 Å². The Morgan fingerprint density at radius 3 is 2.47 bits per heavy atom. The molecule has 0 bridgehead atoms. The van der Waals surface area contributed by atoms with Gasteiger partial charge in [-0.1, -0.05) is 51.4 Å². The average molecular weight is 494 g/mol. The molecule has 1 heterocycles. The van der Waals surface area contributed by atoms with Crippen LogP contribution in [0.5, 0.6) is 0 Å². The van der Waals surface area contributed by atoms with Gasteiger partial charge in [-0.15, -0.1) is 0 Å². The monoisotopic (exact) mass is 493 g/mol. The second-order valence-electron chi connectivity index (χ2n) is 9.44. The summed E-state index contributed by atoms with van der Waals surface area (Å²) < 4.78 is 0. The fourth-order valence-electron chi connectivity index (χ4n) is 3.95. The largest absolute Gasteiger partial charge is 0.481 e. The van der Waals surface area contributed by atoms with Crippen molar-refractivity contribution in [2.45, 2.75) is 71.5 Å². The van der Waals surface area contributed by atoms with E-state index in [0.29, 0.717) is 37.1 Å². The summed E-state index contributed by atoms with van der Waals surface area (Å²) in [5.41, 5.74) is 0.399. The third-order valence-electron chi connectivity index (χ3n) is 5.82. The number of halogens is 1. The number of carbonyl (C=O) groups is 5. The molecule has 1 fully saturated rings. The molecule has 1 aliphatic rings. The Balaban J connectivity index is 2.24. The molecule has 1 aromatic rings. The van der Waals surface area contributed by atoms with Crippen LogP contribution in [0.15, 0.2) is 18.2 Å². The summed E-state index contributed by atoms with van der Waals surface area (Å²) in [6.07, 6.45) is 1.39. The Hall–Kier alpha value is -2.94. The number of benzene rings is 1. The molecule has 2 rings (SSSR count). The maximum atomic E-state index is 13.5. The number of nitrogens with one attached hydrogen (secondary N) is 2. The molecule has 0 spiro atoms. The van der Waals surface area contributed by atoms with Gasteiger partial charge in [-0.25, -0.2) is 0 Å². The van der Waals surface area contributed by atoms with Crippen LogP contribution in [0.4, 0.5) is 0 Å². The molecule has 1 aromatic carbocycles. The lowest BCUT2D eigenvalue weighted by Gasteiger charge is -2.35. The first-order chi connectivity index (χ1) is 15.9. The zero-order valence-corrected chi connectivity index (χ0v) is 20.6. The van der Waals surface area contributed by atoms with Crippen molar-refractivity contribution in [2.75, 3.05) is 6.54 Å². The standard InChI is InChI=1S/C24H32ClN3O6/c1-5-14-8-6-9-16(19(14)25)21(32)27-20(24(2,3)4)23(34)28-11-7-10-17(28)22(33)26-15(13-29)12-18(30)31/h6,8-9,13,15,17,20H,5,7,10-12H2,1-4H3,(H,26,33)(H,27,32)(H,30,31)/t15-,17-,20+/m0/s1. The van der Waals surface area contributed by atoms with Crippen molar-refractivity contribution >= 4 is 41.6 Å². The van der Waals surface area contributed by atoms with E-state index in [0.717, 1.165) is 5.56 Å². The number of amides is 3. The van der Waals surface area contributed by atoms with E-state index in [2.05, 4.69) is 10.6 Å². The summed E-state index contributed by atoms with van der Waals surface area (Å²) >= 11 is 6.39. The molecular formula is C24H32ClN3O6. The van der Waals surface area contributed by atoms with Crippen LogP contribution in [-0.4, -0.2) is 64.7 Å². The minimum absolute atomic E-state index is 0.265. The number of aryl methyl sites for hydroxylation is 1.